The van der Waals surface area contributed by atoms with E-state index in [9.17, 15) is 29.4 Å². The van der Waals surface area contributed by atoms with E-state index in [-0.39, 0.29) is 38.2 Å². The van der Waals surface area contributed by atoms with Gasteiger partial charge >= 0.3 is 18.1 Å². The molecule has 0 amide bonds. The first-order chi connectivity index (χ1) is 19.9. The third kappa shape index (κ3) is 7.60. The predicted octanol–water partition coefficient (Wildman–Crippen LogP) is -0.953. The van der Waals surface area contributed by atoms with Crippen LogP contribution in [0.1, 0.15) is 49.3 Å². The molecular weight excluding hydrogens is 599 g/mol. The van der Waals surface area contributed by atoms with Gasteiger partial charge in [-0.2, -0.15) is 0 Å². The Balaban J connectivity index is 1.48. The monoisotopic (exact) mass is 634 g/mol. The van der Waals surface area contributed by atoms with Crippen LogP contribution in [0.4, 0.5) is 0 Å². The van der Waals surface area contributed by atoms with Gasteiger partial charge < -0.3 is 38.4 Å². The largest absolute Gasteiger partial charge is 0.396 e. The second-order valence-corrected chi connectivity index (χ2v) is 13.1. The molecule has 2 aliphatic heterocycles. The first-order valence-electron chi connectivity index (χ1n) is 13.4. The van der Waals surface area contributed by atoms with Crippen molar-refractivity contribution < 1.29 is 38.4 Å². The van der Waals surface area contributed by atoms with E-state index in [4.69, 9.17) is 40.0 Å². The van der Waals surface area contributed by atoms with E-state index in [0.29, 0.717) is 18.4 Å². The van der Waals surface area contributed by atoms with E-state index in [1.807, 2.05) is 0 Å². The van der Waals surface area contributed by atoms with E-state index >= 15 is 0 Å². The molecule has 0 aromatic carbocycles. The predicted molar refractivity (Wildman–Crippen MR) is 150 cm³/mol. The van der Waals surface area contributed by atoms with Gasteiger partial charge in [0.05, 0.1) is 32.0 Å². The Morgan fingerprint density at radius 3 is 2.07 bits per heavy atom. The molecule has 18 heteroatoms. The summed E-state index contributed by atoms with van der Waals surface area (Å²) in [5.74, 6) is 0. The Kier molecular flexibility index (Phi) is 10.9. The van der Waals surface area contributed by atoms with E-state index in [2.05, 4.69) is 9.97 Å². The topological polar surface area (TPSA) is 217 Å². The first kappa shape index (κ1) is 32.6. The molecule has 2 saturated heterocycles. The molecule has 1 unspecified atom stereocenters. The van der Waals surface area contributed by atoms with Gasteiger partial charge in [-0.3, -0.25) is 28.7 Å². The van der Waals surface area contributed by atoms with Gasteiger partial charge in [0.1, 0.15) is 24.7 Å². The van der Waals surface area contributed by atoms with E-state index < -0.39 is 72.7 Å². The highest BCUT2D eigenvalue weighted by Crippen LogP contribution is 2.54. The number of aromatic nitrogens is 4. The Morgan fingerprint density at radius 1 is 0.929 bits per heavy atom. The van der Waals surface area contributed by atoms with Crippen LogP contribution < -0.4 is 22.5 Å². The maximum absolute atomic E-state index is 12.4. The van der Waals surface area contributed by atoms with Crippen molar-refractivity contribution in [3.8, 4) is 0 Å². The molecule has 2 aromatic rings. The summed E-state index contributed by atoms with van der Waals surface area (Å²) < 4.78 is 31.9. The smallest absolute Gasteiger partial charge is 0.330 e. The zero-order valence-electron chi connectivity index (χ0n) is 23.0. The number of hydrogen-bond acceptors (Lipinski definition) is 13. The van der Waals surface area contributed by atoms with Crippen LogP contribution in [0, 0.1) is 13.8 Å². The van der Waals surface area contributed by atoms with Crippen LogP contribution in [-0.2, 0) is 34.9 Å². The van der Waals surface area contributed by atoms with Gasteiger partial charge in [0.25, 0.3) is 11.1 Å². The second-order valence-electron chi connectivity index (χ2n) is 10.1. The van der Waals surface area contributed by atoms with Gasteiger partial charge in [0, 0.05) is 43.0 Å². The van der Waals surface area contributed by atoms with Crippen molar-refractivity contribution in [3.63, 3.8) is 0 Å². The minimum atomic E-state index is -3.59. The Morgan fingerprint density at radius 2 is 1.50 bits per heavy atom. The molecule has 2 aromatic heterocycles. The van der Waals surface area contributed by atoms with Crippen LogP contribution in [0.5, 0.6) is 0 Å². The molecule has 2 fully saturated rings. The Labute approximate surface area is 244 Å². The van der Waals surface area contributed by atoms with Crippen LogP contribution in [0.25, 0.3) is 0 Å². The number of H-pyrrole nitrogens is 2. The number of aryl methyl sites for hydroxylation is 2. The van der Waals surface area contributed by atoms with Crippen molar-refractivity contribution in [2.75, 3.05) is 26.4 Å². The number of aromatic amines is 2. The number of nitrogens with zero attached hydrogens (tertiary/aromatic N) is 2. The summed E-state index contributed by atoms with van der Waals surface area (Å²) in [5, 5.41) is 29.7. The number of nitrogens with one attached hydrogen (secondary N) is 2. The second kappa shape index (κ2) is 14.0. The quantitative estimate of drug-likeness (QED) is 0.133. The van der Waals surface area contributed by atoms with Crippen molar-refractivity contribution >= 4 is 18.5 Å². The molecule has 0 radical (unpaired) electrons. The fourth-order valence-electron chi connectivity index (χ4n) is 4.60. The highest BCUT2D eigenvalue weighted by atomic mass is 32.5. The molecule has 7 atom stereocenters. The average molecular weight is 635 g/mol. The summed E-state index contributed by atoms with van der Waals surface area (Å²) in [6, 6.07) is 0. The van der Waals surface area contributed by atoms with E-state index in [0.717, 1.165) is 0 Å². The summed E-state index contributed by atoms with van der Waals surface area (Å²) >= 11 is 5.65. The third-order valence-electron chi connectivity index (χ3n) is 6.94. The molecule has 16 nitrogen and oxygen atoms in total. The summed E-state index contributed by atoms with van der Waals surface area (Å²) in [6.07, 6.45) is -1.81. The van der Waals surface area contributed by atoms with Crippen molar-refractivity contribution in [2.45, 2.75) is 76.4 Å². The number of rotatable bonds is 13. The number of aliphatic hydroxyl groups is 3. The van der Waals surface area contributed by atoms with E-state index in [1.165, 1.54) is 35.4 Å². The van der Waals surface area contributed by atoms with Crippen molar-refractivity contribution in [1.82, 2.24) is 19.1 Å². The summed E-state index contributed by atoms with van der Waals surface area (Å²) in [4.78, 5) is 52.6. The number of aliphatic hydroxyl groups excluding tert-OH is 3. The Hall–Kier alpha value is -2.31. The SMILES string of the molecule is Cc1cn([C@H]2C[C@H](OP(=S)(OCCCCO)OC[C@H]3O[C@@H](n4cc(C)c(=O)[nH]c4=O)C[C@@H]3O)[C@@H](CO)O2)c(=O)[nH]c1=O. The molecule has 0 aliphatic carbocycles. The molecule has 5 N–H and O–H groups in total. The first-order valence-corrected chi connectivity index (χ1v) is 15.9. The zero-order valence-corrected chi connectivity index (χ0v) is 24.8. The average Bonchev–Trinajstić information content (AvgIpc) is 3.52. The fourth-order valence-corrected chi connectivity index (χ4v) is 6.77. The number of hydrogen-bond donors (Lipinski definition) is 5. The normalized spacial score (nSPS) is 27.4. The molecule has 4 rings (SSSR count). The van der Waals surface area contributed by atoms with Crippen LogP contribution in [0.3, 0.4) is 0 Å². The standard InChI is InChI=1S/C24H35N4O12PS/c1-13-9-27(23(34)25-21(13)32)19-7-15(31)18(39-19)12-37-41(42,36-6-4-3-5-29)40-16-8-20(38-17(16)11-30)28-10-14(2)22(33)26-24(28)35/h9-10,15-20,29-31H,3-8,11-12H2,1-2H3,(H,25,32,34)(H,26,33,35)/t15-,16-,17+,18+,19+,20+,41?/m0/s1. The van der Waals surface area contributed by atoms with Gasteiger partial charge in [-0.1, -0.05) is 0 Å². The van der Waals surface area contributed by atoms with Crippen molar-refractivity contribution in [3.05, 3.63) is 65.2 Å². The number of ether oxygens (including phenoxy) is 2. The summed E-state index contributed by atoms with van der Waals surface area (Å²) in [6.45, 7) is -1.24. The van der Waals surface area contributed by atoms with Gasteiger partial charge in [0.2, 0.25) is 0 Å². The van der Waals surface area contributed by atoms with E-state index in [1.54, 1.807) is 0 Å². The molecule has 42 heavy (non-hydrogen) atoms. The lowest BCUT2D eigenvalue weighted by atomic mass is 10.2. The maximum atomic E-state index is 12.4. The lowest BCUT2D eigenvalue weighted by molar-refractivity contribution is -0.0549. The Bertz CT molecular complexity index is 1520. The minimum Gasteiger partial charge on any atom is -0.396 e. The van der Waals surface area contributed by atoms with Gasteiger partial charge in [-0.05, 0) is 38.5 Å². The minimum absolute atomic E-state index is 0.0403. The zero-order chi connectivity index (χ0) is 30.6. The van der Waals surface area contributed by atoms with Crippen LogP contribution >= 0.6 is 6.72 Å². The molecular formula is C24H35N4O12PS. The molecule has 0 bridgehead atoms. The lowest BCUT2D eigenvalue weighted by Gasteiger charge is -2.28. The molecule has 0 saturated carbocycles. The molecule has 2 aliphatic rings. The lowest BCUT2D eigenvalue weighted by Crippen LogP contribution is -2.33. The molecule has 0 spiro atoms. The van der Waals surface area contributed by atoms with Crippen molar-refractivity contribution in [2.24, 2.45) is 0 Å². The third-order valence-corrected chi connectivity index (χ3v) is 9.32. The van der Waals surface area contributed by atoms with Crippen LogP contribution in [-0.4, -0.2) is 85.3 Å². The highest BCUT2D eigenvalue weighted by molar-refractivity contribution is 8.07. The summed E-state index contributed by atoms with van der Waals surface area (Å²) in [5.41, 5.74) is -1.85. The van der Waals surface area contributed by atoms with Crippen LogP contribution in [0.15, 0.2) is 31.6 Å². The molecule has 4 heterocycles. The van der Waals surface area contributed by atoms with Crippen LogP contribution in [0.2, 0.25) is 0 Å². The highest BCUT2D eigenvalue weighted by Gasteiger charge is 2.42. The molecule has 234 valence electrons. The maximum Gasteiger partial charge on any atom is 0.330 e. The van der Waals surface area contributed by atoms with Gasteiger partial charge in [0.15, 0.2) is 0 Å². The van der Waals surface area contributed by atoms with Gasteiger partial charge in [-0.25, -0.2) is 9.59 Å². The summed E-state index contributed by atoms with van der Waals surface area (Å²) in [7, 11) is 0. The van der Waals surface area contributed by atoms with Gasteiger partial charge in [-0.15, -0.1) is 0 Å². The number of unbranched alkanes of at least 4 members (excludes halogenated alkanes) is 1. The fraction of sp³-hybridized carbons (Fsp3) is 0.667. The van der Waals surface area contributed by atoms with Crippen molar-refractivity contribution in [1.29, 1.82) is 0 Å².